The van der Waals surface area contributed by atoms with Crippen molar-refractivity contribution in [2.75, 3.05) is 5.32 Å². The average Bonchev–Trinajstić information content (AvgIpc) is 2.31. The van der Waals surface area contributed by atoms with E-state index in [0.717, 1.165) is 5.69 Å². The summed E-state index contributed by atoms with van der Waals surface area (Å²) in [5.74, 6) is 0. The summed E-state index contributed by atoms with van der Waals surface area (Å²) in [7, 11) is 0. The van der Waals surface area contributed by atoms with Crippen LogP contribution in [-0.2, 0) is 0 Å². The van der Waals surface area contributed by atoms with Crippen LogP contribution in [0.3, 0.4) is 0 Å². The van der Waals surface area contributed by atoms with Crippen molar-refractivity contribution in [3.05, 3.63) is 58.9 Å². The van der Waals surface area contributed by atoms with Crippen molar-refractivity contribution in [1.82, 2.24) is 4.98 Å². The van der Waals surface area contributed by atoms with Crippen LogP contribution in [0.5, 0.6) is 0 Å². The number of para-hydroxylation sites is 2. The Morgan fingerprint density at radius 3 is 2.50 bits per heavy atom. The number of aromatic nitrogens is 1. The predicted molar refractivity (Wildman–Crippen MR) is 60.6 cm³/mol. The van der Waals surface area contributed by atoms with Crippen LogP contribution in [0.1, 0.15) is 0 Å². The van der Waals surface area contributed by atoms with Crippen molar-refractivity contribution in [2.24, 2.45) is 0 Å². The fourth-order valence-electron chi connectivity index (χ4n) is 1.33. The van der Waals surface area contributed by atoms with Gasteiger partial charge in [0.05, 0.1) is 4.92 Å². The van der Waals surface area contributed by atoms with Crippen molar-refractivity contribution in [1.29, 1.82) is 0 Å². The molecule has 1 heterocycles. The largest absolute Gasteiger partial charge is 0.350 e. The number of nitrogens with zero attached hydrogens (tertiary/aromatic N) is 2. The van der Waals surface area contributed by atoms with Crippen LogP contribution in [-0.4, -0.2) is 9.91 Å². The Morgan fingerprint density at radius 2 is 1.81 bits per heavy atom. The van der Waals surface area contributed by atoms with Crippen LogP contribution in [0.4, 0.5) is 17.1 Å². The SMILES string of the molecule is O=[N+]([O-])c1ccccc1Nc1ccncc1. The van der Waals surface area contributed by atoms with Gasteiger partial charge in [0.2, 0.25) is 0 Å². The smallest absolute Gasteiger partial charge is 0.292 e. The molecule has 0 aliphatic rings. The molecule has 1 N–H and O–H groups in total. The van der Waals surface area contributed by atoms with E-state index in [-0.39, 0.29) is 5.69 Å². The van der Waals surface area contributed by atoms with E-state index in [2.05, 4.69) is 10.3 Å². The van der Waals surface area contributed by atoms with Crippen LogP contribution >= 0.6 is 0 Å². The second-order valence-corrected chi connectivity index (χ2v) is 3.14. The highest BCUT2D eigenvalue weighted by Crippen LogP contribution is 2.26. The lowest BCUT2D eigenvalue weighted by Gasteiger charge is -2.05. The van der Waals surface area contributed by atoms with E-state index < -0.39 is 4.92 Å². The molecular weight excluding hydrogens is 206 g/mol. The lowest BCUT2D eigenvalue weighted by molar-refractivity contribution is -0.383. The van der Waals surface area contributed by atoms with Crippen LogP contribution in [0, 0.1) is 10.1 Å². The lowest BCUT2D eigenvalue weighted by atomic mass is 10.2. The van der Waals surface area contributed by atoms with Gasteiger partial charge in [0, 0.05) is 24.1 Å². The van der Waals surface area contributed by atoms with Crippen molar-refractivity contribution >= 4 is 17.1 Å². The molecule has 0 atom stereocenters. The standard InChI is InChI=1S/C11H9N3O2/c15-14(16)11-4-2-1-3-10(11)13-9-5-7-12-8-6-9/h1-8H,(H,12,13). The predicted octanol–water partition coefficient (Wildman–Crippen LogP) is 2.73. The normalized spacial score (nSPS) is 9.75. The van der Waals surface area contributed by atoms with E-state index in [0.29, 0.717) is 5.69 Å². The summed E-state index contributed by atoms with van der Waals surface area (Å²) >= 11 is 0. The first-order valence-electron chi connectivity index (χ1n) is 4.68. The molecule has 1 aromatic carbocycles. The van der Waals surface area contributed by atoms with E-state index in [9.17, 15) is 10.1 Å². The van der Waals surface area contributed by atoms with Crippen molar-refractivity contribution < 1.29 is 4.92 Å². The summed E-state index contributed by atoms with van der Waals surface area (Å²) in [6.07, 6.45) is 3.24. The van der Waals surface area contributed by atoms with Crippen LogP contribution < -0.4 is 5.32 Å². The van der Waals surface area contributed by atoms with Gasteiger partial charge in [-0.3, -0.25) is 15.1 Å². The molecule has 2 rings (SSSR count). The summed E-state index contributed by atoms with van der Waals surface area (Å²) in [5, 5.41) is 13.7. The molecule has 80 valence electrons. The minimum absolute atomic E-state index is 0.0549. The van der Waals surface area contributed by atoms with Gasteiger partial charge in [-0.15, -0.1) is 0 Å². The molecular formula is C11H9N3O2. The summed E-state index contributed by atoms with van der Waals surface area (Å²) < 4.78 is 0. The number of benzene rings is 1. The van der Waals surface area contributed by atoms with Gasteiger partial charge in [0.25, 0.3) is 5.69 Å². The number of nitro benzene ring substituents is 1. The second-order valence-electron chi connectivity index (χ2n) is 3.14. The van der Waals surface area contributed by atoms with Gasteiger partial charge in [-0.25, -0.2) is 0 Å². The zero-order chi connectivity index (χ0) is 11.4. The first-order valence-corrected chi connectivity index (χ1v) is 4.68. The van der Waals surface area contributed by atoms with Crippen LogP contribution in [0.2, 0.25) is 0 Å². The van der Waals surface area contributed by atoms with Crippen LogP contribution in [0.25, 0.3) is 0 Å². The molecule has 0 fully saturated rings. The second kappa shape index (κ2) is 4.39. The van der Waals surface area contributed by atoms with Gasteiger partial charge in [-0.2, -0.15) is 0 Å². The highest BCUT2D eigenvalue weighted by atomic mass is 16.6. The van der Waals surface area contributed by atoms with Crippen LogP contribution in [0.15, 0.2) is 48.8 Å². The van der Waals surface area contributed by atoms with E-state index >= 15 is 0 Å². The molecule has 2 aromatic rings. The highest BCUT2D eigenvalue weighted by molar-refractivity contribution is 5.68. The van der Waals surface area contributed by atoms with E-state index in [1.807, 2.05) is 0 Å². The Hall–Kier alpha value is -2.43. The monoisotopic (exact) mass is 215 g/mol. The maximum atomic E-state index is 10.8. The first-order chi connectivity index (χ1) is 7.77. The molecule has 0 spiro atoms. The quantitative estimate of drug-likeness (QED) is 0.631. The average molecular weight is 215 g/mol. The molecule has 5 heteroatoms. The maximum Gasteiger partial charge on any atom is 0.292 e. The topological polar surface area (TPSA) is 68.1 Å². The summed E-state index contributed by atoms with van der Waals surface area (Å²) in [5.41, 5.74) is 1.29. The number of hydrogen-bond donors (Lipinski definition) is 1. The Bertz CT molecular complexity index is 500. The third kappa shape index (κ3) is 2.14. The van der Waals surface area contributed by atoms with E-state index in [4.69, 9.17) is 0 Å². The summed E-state index contributed by atoms with van der Waals surface area (Å²) in [6.45, 7) is 0. The van der Waals surface area contributed by atoms with Crippen molar-refractivity contribution in [3.63, 3.8) is 0 Å². The third-order valence-corrected chi connectivity index (χ3v) is 2.06. The Kier molecular flexibility index (Phi) is 2.77. The Balaban J connectivity index is 2.31. The molecule has 0 radical (unpaired) electrons. The van der Waals surface area contributed by atoms with Crippen molar-refractivity contribution in [3.8, 4) is 0 Å². The number of hydrogen-bond acceptors (Lipinski definition) is 4. The maximum absolute atomic E-state index is 10.8. The minimum Gasteiger partial charge on any atom is -0.350 e. The van der Waals surface area contributed by atoms with Crippen molar-refractivity contribution in [2.45, 2.75) is 0 Å². The third-order valence-electron chi connectivity index (χ3n) is 2.06. The summed E-state index contributed by atoms with van der Waals surface area (Å²) in [6, 6.07) is 10.0. The lowest BCUT2D eigenvalue weighted by Crippen LogP contribution is -1.96. The number of nitrogens with one attached hydrogen (secondary N) is 1. The van der Waals surface area contributed by atoms with Gasteiger partial charge in [-0.05, 0) is 18.2 Å². The molecule has 0 amide bonds. The van der Waals surface area contributed by atoms with Gasteiger partial charge < -0.3 is 5.32 Å². The van der Waals surface area contributed by atoms with Gasteiger partial charge in [0.15, 0.2) is 0 Å². The molecule has 0 bridgehead atoms. The molecule has 0 saturated heterocycles. The van der Waals surface area contributed by atoms with E-state index in [1.54, 1.807) is 42.7 Å². The molecule has 16 heavy (non-hydrogen) atoms. The molecule has 0 aliphatic heterocycles. The Labute approximate surface area is 91.9 Å². The highest BCUT2D eigenvalue weighted by Gasteiger charge is 2.11. The van der Waals surface area contributed by atoms with E-state index in [1.165, 1.54) is 6.07 Å². The fourth-order valence-corrected chi connectivity index (χ4v) is 1.33. The number of rotatable bonds is 3. The number of pyridine rings is 1. The number of anilines is 2. The zero-order valence-electron chi connectivity index (χ0n) is 8.33. The van der Waals surface area contributed by atoms with Gasteiger partial charge in [0.1, 0.15) is 5.69 Å². The molecule has 5 nitrogen and oxygen atoms in total. The molecule has 0 unspecified atom stereocenters. The molecule has 1 aromatic heterocycles. The zero-order valence-corrected chi connectivity index (χ0v) is 8.33. The van der Waals surface area contributed by atoms with Gasteiger partial charge >= 0.3 is 0 Å². The Morgan fingerprint density at radius 1 is 1.12 bits per heavy atom. The minimum atomic E-state index is -0.413. The first kappa shape index (κ1) is 10.1. The summed E-state index contributed by atoms with van der Waals surface area (Å²) in [4.78, 5) is 14.2. The molecule has 0 saturated carbocycles. The molecule has 0 aliphatic carbocycles. The number of nitro groups is 1. The van der Waals surface area contributed by atoms with Gasteiger partial charge in [-0.1, -0.05) is 12.1 Å². The fraction of sp³-hybridized carbons (Fsp3) is 0.